The van der Waals surface area contributed by atoms with Crippen molar-refractivity contribution in [1.82, 2.24) is 10.2 Å². The minimum Gasteiger partial charge on any atom is -0.381 e. The second kappa shape index (κ2) is 7.25. The fourth-order valence-electron chi connectivity index (χ4n) is 2.54. The summed E-state index contributed by atoms with van der Waals surface area (Å²) >= 11 is 0. The van der Waals surface area contributed by atoms with Gasteiger partial charge in [0.25, 0.3) is 0 Å². The van der Waals surface area contributed by atoms with Gasteiger partial charge < -0.3 is 15.0 Å². The molecule has 3 heteroatoms. The van der Waals surface area contributed by atoms with E-state index in [-0.39, 0.29) is 0 Å². The van der Waals surface area contributed by atoms with Crippen molar-refractivity contribution in [3.63, 3.8) is 0 Å². The summed E-state index contributed by atoms with van der Waals surface area (Å²) in [5.41, 5.74) is 0. The summed E-state index contributed by atoms with van der Waals surface area (Å²) in [4.78, 5) is 2.48. The van der Waals surface area contributed by atoms with Gasteiger partial charge in [-0.05, 0) is 33.9 Å². The van der Waals surface area contributed by atoms with E-state index in [0.717, 1.165) is 26.2 Å². The van der Waals surface area contributed by atoms with Crippen LogP contribution < -0.4 is 5.32 Å². The molecule has 1 N–H and O–H groups in total. The van der Waals surface area contributed by atoms with Gasteiger partial charge in [0.1, 0.15) is 0 Å². The van der Waals surface area contributed by atoms with E-state index in [0.29, 0.717) is 18.0 Å². The molecule has 0 aromatic carbocycles. The van der Waals surface area contributed by atoms with Crippen molar-refractivity contribution in [2.45, 2.75) is 45.2 Å². The third-order valence-electron chi connectivity index (χ3n) is 3.83. The summed E-state index contributed by atoms with van der Waals surface area (Å²) in [7, 11) is 4.31. The molecule has 0 aliphatic carbocycles. The average Bonchev–Trinajstić information content (AvgIpc) is 2.30. The number of hydrogen-bond donors (Lipinski definition) is 1. The van der Waals surface area contributed by atoms with E-state index < -0.39 is 0 Å². The third-order valence-corrected chi connectivity index (χ3v) is 3.83. The van der Waals surface area contributed by atoms with Crippen LogP contribution in [0.25, 0.3) is 0 Å². The fraction of sp³-hybridized carbons (Fsp3) is 1.00. The standard InChI is InChI=1S/C13H28N2O/c1-5-6-11(2)15(4)9-12-10-16-8-7-13(12)14-3/h11-14H,5-10H2,1-4H3. The molecule has 1 aliphatic heterocycles. The largest absolute Gasteiger partial charge is 0.381 e. The minimum atomic E-state index is 0.630. The number of nitrogens with zero attached hydrogens (tertiary/aromatic N) is 1. The Bertz CT molecular complexity index is 187. The molecule has 0 bridgehead atoms. The van der Waals surface area contributed by atoms with Gasteiger partial charge in [0.05, 0.1) is 6.61 Å². The lowest BCUT2D eigenvalue weighted by molar-refractivity contribution is 0.0169. The number of rotatable bonds is 6. The lowest BCUT2D eigenvalue weighted by Crippen LogP contribution is -2.47. The van der Waals surface area contributed by atoms with E-state index in [1.165, 1.54) is 12.8 Å². The first-order chi connectivity index (χ1) is 7.69. The highest BCUT2D eigenvalue weighted by molar-refractivity contribution is 4.81. The minimum absolute atomic E-state index is 0.630. The maximum absolute atomic E-state index is 5.59. The molecule has 96 valence electrons. The molecular formula is C13H28N2O. The van der Waals surface area contributed by atoms with Crippen LogP contribution in [0.4, 0.5) is 0 Å². The Labute approximate surface area is 101 Å². The molecule has 0 aromatic heterocycles. The number of ether oxygens (including phenoxy) is 1. The van der Waals surface area contributed by atoms with Gasteiger partial charge in [0.2, 0.25) is 0 Å². The van der Waals surface area contributed by atoms with Crippen LogP contribution in [0.1, 0.15) is 33.1 Å². The van der Waals surface area contributed by atoms with E-state index >= 15 is 0 Å². The van der Waals surface area contributed by atoms with Crippen LogP contribution in [0, 0.1) is 5.92 Å². The zero-order valence-corrected chi connectivity index (χ0v) is 11.3. The first-order valence-electron chi connectivity index (χ1n) is 6.64. The zero-order chi connectivity index (χ0) is 12.0. The molecule has 3 unspecified atom stereocenters. The highest BCUT2D eigenvalue weighted by atomic mass is 16.5. The van der Waals surface area contributed by atoms with E-state index in [2.05, 4.69) is 38.2 Å². The summed E-state index contributed by atoms with van der Waals surface area (Å²) < 4.78 is 5.59. The second-order valence-corrected chi connectivity index (χ2v) is 5.10. The van der Waals surface area contributed by atoms with E-state index in [4.69, 9.17) is 4.74 Å². The Balaban J connectivity index is 2.38. The van der Waals surface area contributed by atoms with Crippen LogP contribution in [0.3, 0.4) is 0 Å². The molecule has 1 saturated heterocycles. The van der Waals surface area contributed by atoms with Gasteiger partial charge in [-0.1, -0.05) is 13.3 Å². The van der Waals surface area contributed by atoms with Crippen molar-refractivity contribution < 1.29 is 4.74 Å². The van der Waals surface area contributed by atoms with Gasteiger partial charge >= 0.3 is 0 Å². The molecule has 0 amide bonds. The molecule has 3 nitrogen and oxygen atoms in total. The van der Waals surface area contributed by atoms with E-state index in [9.17, 15) is 0 Å². The zero-order valence-electron chi connectivity index (χ0n) is 11.3. The smallest absolute Gasteiger partial charge is 0.0521 e. The first-order valence-corrected chi connectivity index (χ1v) is 6.64. The Kier molecular flexibility index (Phi) is 6.32. The van der Waals surface area contributed by atoms with Crippen molar-refractivity contribution in [2.24, 2.45) is 5.92 Å². The molecule has 1 aliphatic rings. The summed E-state index contributed by atoms with van der Waals surface area (Å²) in [6, 6.07) is 1.31. The van der Waals surface area contributed by atoms with Crippen LogP contribution in [-0.2, 0) is 4.74 Å². The van der Waals surface area contributed by atoms with Crippen molar-refractivity contribution >= 4 is 0 Å². The summed E-state index contributed by atoms with van der Waals surface area (Å²) in [5, 5.41) is 3.42. The van der Waals surface area contributed by atoms with Crippen molar-refractivity contribution in [3.05, 3.63) is 0 Å². The lowest BCUT2D eigenvalue weighted by atomic mass is 9.95. The highest BCUT2D eigenvalue weighted by Crippen LogP contribution is 2.17. The van der Waals surface area contributed by atoms with E-state index in [1.807, 2.05) is 0 Å². The number of hydrogen-bond acceptors (Lipinski definition) is 3. The molecule has 3 atom stereocenters. The Morgan fingerprint density at radius 3 is 2.88 bits per heavy atom. The summed E-state index contributed by atoms with van der Waals surface area (Å²) in [6.45, 7) is 7.55. The van der Waals surface area contributed by atoms with Crippen LogP contribution in [0.2, 0.25) is 0 Å². The lowest BCUT2D eigenvalue weighted by Gasteiger charge is -2.36. The van der Waals surface area contributed by atoms with Crippen molar-refractivity contribution in [1.29, 1.82) is 0 Å². The van der Waals surface area contributed by atoms with Crippen LogP contribution >= 0.6 is 0 Å². The normalized spacial score (nSPS) is 28.3. The Morgan fingerprint density at radius 1 is 1.50 bits per heavy atom. The van der Waals surface area contributed by atoms with Crippen LogP contribution in [-0.4, -0.2) is 50.8 Å². The van der Waals surface area contributed by atoms with Gasteiger partial charge in [-0.25, -0.2) is 0 Å². The molecule has 1 heterocycles. The van der Waals surface area contributed by atoms with E-state index in [1.54, 1.807) is 0 Å². The average molecular weight is 228 g/mol. The maximum Gasteiger partial charge on any atom is 0.0521 e. The predicted octanol–water partition coefficient (Wildman–Crippen LogP) is 1.73. The second-order valence-electron chi connectivity index (χ2n) is 5.10. The molecular weight excluding hydrogens is 200 g/mol. The highest BCUT2D eigenvalue weighted by Gasteiger charge is 2.26. The van der Waals surface area contributed by atoms with Crippen molar-refractivity contribution in [2.75, 3.05) is 33.9 Å². The molecule has 1 rings (SSSR count). The molecule has 0 spiro atoms. The third kappa shape index (κ3) is 4.04. The summed E-state index contributed by atoms with van der Waals surface area (Å²) in [6.07, 6.45) is 3.70. The molecule has 0 aromatic rings. The van der Waals surface area contributed by atoms with Crippen LogP contribution in [0.5, 0.6) is 0 Å². The fourth-order valence-corrected chi connectivity index (χ4v) is 2.54. The quantitative estimate of drug-likeness (QED) is 0.749. The molecule has 16 heavy (non-hydrogen) atoms. The predicted molar refractivity (Wildman–Crippen MR) is 68.8 cm³/mol. The maximum atomic E-state index is 5.59. The van der Waals surface area contributed by atoms with Crippen LogP contribution in [0.15, 0.2) is 0 Å². The van der Waals surface area contributed by atoms with Gasteiger partial charge in [-0.2, -0.15) is 0 Å². The van der Waals surface area contributed by atoms with Gasteiger partial charge in [-0.15, -0.1) is 0 Å². The summed E-state index contributed by atoms with van der Waals surface area (Å²) in [5.74, 6) is 0.642. The SMILES string of the molecule is CCCC(C)N(C)CC1COCCC1NC. The molecule has 0 saturated carbocycles. The Morgan fingerprint density at radius 2 is 2.25 bits per heavy atom. The number of nitrogens with one attached hydrogen (secondary N) is 1. The molecule has 1 fully saturated rings. The molecule has 0 radical (unpaired) electrons. The van der Waals surface area contributed by atoms with Crippen molar-refractivity contribution in [3.8, 4) is 0 Å². The van der Waals surface area contributed by atoms with Gasteiger partial charge in [-0.3, -0.25) is 0 Å². The van der Waals surface area contributed by atoms with Gasteiger partial charge in [0.15, 0.2) is 0 Å². The first kappa shape index (κ1) is 13.9. The Hall–Kier alpha value is -0.120. The monoisotopic (exact) mass is 228 g/mol. The topological polar surface area (TPSA) is 24.5 Å². The van der Waals surface area contributed by atoms with Gasteiger partial charge in [0, 0.05) is 31.2 Å².